The van der Waals surface area contributed by atoms with Crippen molar-refractivity contribution in [2.75, 3.05) is 0 Å². The van der Waals surface area contributed by atoms with Crippen molar-refractivity contribution < 1.29 is 8.83 Å². The maximum atomic E-state index is 4.58. The first kappa shape index (κ1) is 23.9. The van der Waals surface area contributed by atoms with E-state index in [4.69, 9.17) is 0 Å². The highest BCUT2D eigenvalue weighted by Crippen LogP contribution is 1.91. The minimum absolute atomic E-state index is 1.38. The minimum atomic E-state index is 1.38. The Morgan fingerprint density at radius 2 is 1.40 bits per heavy atom. The Bertz CT molecular complexity index is 580. The minimum Gasteiger partial charge on any atom is -0.473 e. The molecule has 0 aliphatic rings. The molecule has 6 heterocycles. The Labute approximate surface area is 178 Å². The fourth-order valence-electron chi connectivity index (χ4n) is 1.34. The van der Waals surface area contributed by atoms with Crippen LogP contribution in [0.5, 0.6) is 0 Å². The van der Waals surface area contributed by atoms with E-state index < -0.39 is 0 Å². The number of rotatable bonds is 0. The number of hydrogen-bond donors (Lipinski definition) is 3. The zero-order chi connectivity index (χ0) is 21.2. The molecule has 0 aliphatic heterocycles. The quantitative estimate of drug-likeness (QED) is 0.296. The van der Waals surface area contributed by atoms with Crippen molar-refractivity contribution in [1.82, 2.24) is 30.1 Å². The first-order valence-corrected chi connectivity index (χ1v) is 9.65. The van der Waals surface area contributed by atoms with E-state index in [0.717, 1.165) is 0 Å². The molecule has 9 heteroatoms. The summed E-state index contributed by atoms with van der Waals surface area (Å²) in [4.78, 5) is 12.8. The number of aromatic amines is 3. The number of thiophene rings is 1. The van der Waals surface area contributed by atoms with E-state index in [9.17, 15) is 0 Å². The second kappa shape index (κ2) is 21.2. The van der Waals surface area contributed by atoms with Gasteiger partial charge in [0.15, 0.2) is 6.39 Å². The Balaban J connectivity index is 0.000000180. The SMILES string of the molecule is c1c[nH]cn1.c1cc[nH]c1.c1ccoc1.c1ccsc1.c1cn[nH]c1.c1cocn1. The third kappa shape index (κ3) is 18.7. The largest absolute Gasteiger partial charge is 0.473 e. The van der Waals surface area contributed by atoms with Gasteiger partial charge in [-0.3, -0.25) is 5.10 Å². The molecular weight excluding hydrogens is 400 g/mol. The van der Waals surface area contributed by atoms with Gasteiger partial charge in [-0.25, -0.2) is 9.97 Å². The molecule has 8 nitrogen and oxygen atoms in total. The van der Waals surface area contributed by atoms with Crippen LogP contribution in [0.1, 0.15) is 0 Å². The van der Waals surface area contributed by atoms with Crippen molar-refractivity contribution in [3.05, 3.63) is 128 Å². The highest BCUT2D eigenvalue weighted by Gasteiger charge is 1.60. The van der Waals surface area contributed by atoms with Crippen LogP contribution < -0.4 is 0 Å². The zero-order valence-electron chi connectivity index (χ0n) is 16.2. The molecule has 0 aromatic carbocycles. The summed E-state index contributed by atoms with van der Waals surface area (Å²) in [6.07, 6.45) is 20.0. The summed E-state index contributed by atoms with van der Waals surface area (Å²) in [6, 6.07) is 13.4. The Morgan fingerprint density at radius 3 is 1.60 bits per heavy atom. The summed E-state index contributed by atoms with van der Waals surface area (Å²) in [5.41, 5.74) is 0. The van der Waals surface area contributed by atoms with Crippen LogP contribution in [0.2, 0.25) is 0 Å². The molecule has 156 valence electrons. The lowest BCUT2D eigenvalue weighted by atomic mass is 10.7. The van der Waals surface area contributed by atoms with E-state index in [1.807, 2.05) is 65.6 Å². The molecule has 0 unspecified atom stereocenters. The number of furan rings is 1. The lowest BCUT2D eigenvalue weighted by molar-refractivity contribution is 0.558. The highest BCUT2D eigenvalue weighted by molar-refractivity contribution is 7.07. The molecule has 0 spiro atoms. The van der Waals surface area contributed by atoms with Gasteiger partial charge < -0.3 is 18.8 Å². The van der Waals surface area contributed by atoms with Crippen LogP contribution in [0.25, 0.3) is 0 Å². The van der Waals surface area contributed by atoms with Crippen LogP contribution >= 0.6 is 11.3 Å². The summed E-state index contributed by atoms with van der Waals surface area (Å²) in [7, 11) is 0. The first-order valence-electron chi connectivity index (χ1n) is 8.71. The monoisotopic (exact) mass is 424 g/mol. The molecule has 0 radical (unpaired) electrons. The molecule has 6 aromatic heterocycles. The van der Waals surface area contributed by atoms with Gasteiger partial charge >= 0.3 is 0 Å². The van der Waals surface area contributed by atoms with E-state index in [1.54, 1.807) is 61.2 Å². The summed E-state index contributed by atoms with van der Waals surface area (Å²) in [5.74, 6) is 0. The molecule has 0 saturated heterocycles. The number of nitrogens with one attached hydrogen (secondary N) is 3. The second-order valence-corrected chi connectivity index (χ2v) is 5.49. The molecule has 0 fully saturated rings. The Kier molecular flexibility index (Phi) is 16.9. The van der Waals surface area contributed by atoms with Crippen molar-refractivity contribution >= 4 is 11.3 Å². The fraction of sp³-hybridized carbons (Fsp3) is 0. The highest BCUT2D eigenvalue weighted by atomic mass is 32.1. The smallest absolute Gasteiger partial charge is 0.180 e. The van der Waals surface area contributed by atoms with E-state index >= 15 is 0 Å². The standard InChI is InChI=1S/C4H5N.C4H4O.C4H4S.2C3H4N2.C3H3NO/c3*1-2-4-5-3-1;1-2-5-3-4-1;1-2-4-5-3-1;1-2-5-3-4-1/h1-5H;2*1-4H;2*1-3H,(H,4,5);1-3H. The topological polar surface area (TPSA) is 112 Å². The molecule has 3 N–H and O–H groups in total. The van der Waals surface area contributed by atoms with E-state index in [2.05, 4.69) is 39.0 Å². The summed E-state index contributed by atoms with van der Waals surface area (Å²) >= 11 is 1.71. The third-order valence-corrected chi connectivity index (χ3v) is 3.13. The van der Waals surface area contributed by atoms with Gasteiger partial charge in [-0.15, -0.1) is 0 Å². The molecule has 0 saturated carbocycles. The van der Waals surface area contributed by atoms with Gasteiger partial charge in [-0.1, -0.05) is 12.1 Å². The molecular formula is C21H24N6O2S. The number of hydrogen-bond acceptors (Lipinski definition) is 6. The number of imidazole rings is 1. The van der Waals surface area contributed by atoms with Gasteiger partial charge in [-0.2, -0.15) is 16.4 Å². The van der Waals surface area contributed by atoms with Gasteiger partial charge in [0, 0.05) is 37.2 Å². The zero-order valence-corrected chi connectivity index (χ0v) is 17.0. The molecule has 0 bridgehead atoms. The van der Waals surface area contributed by atoms with Gasteiger partial charge in [0.05, 0.1) is 25.1 Å². The average molecular weight is 425 g/mol. The predicted molar refractivity (Wildman–Crippen MR) is 117 cm³/mol. The van der Waals surface area contributed by atoms with Gasteiger partial charge in [0.25, 0.3) is 0 Å². The van der Waals surface area contributed by atoms with Crippen molar-refractivity contribution in [2.45, 2.75) is 0 Å². The van der Waals surface area contributed by atoms with Crippen LogP contribution in [0.3, 0.4) is 0 Å². The van der Waals surface area contributed by atoms with Crippen molar-refractivity contribution in [3.63, 3.8) is 0 Å². The van der Waals surface area contributed by atoms with Crippen LogP contribution in [0.4, 0.5) is 0 Å². The Morgan fingerprint density at radius 1 is 0.600 bits per heavy atom. The van der Waals surface area contributed by atoms with Crippen molar-refractivity contribution in [3.8, 4) is 0 Å². The van der Waals surface area contributed by atoms with Gasteiger partial charge in [-0.05, 0) is 41.1 Å². The first-order chi connectivity index (χ1) is 15.0. The van der Waals surface area contributed by atoms with E-state index in [-0.39, 0.29) is 0 Å². The second-order valence-electron chi connectivity index (χ2n) is 4.67. The maximum absolute atomic E-state index is 4.58. The average Bonchev–Trinajstić information content (AvgIpc) is 3.69. The van der Waals surface area contributed by atoms with Crippen LogP contribution in [-0.2, 0) is 0 Å². The number of oxazole rings is 1. The summed E-state index contributed by atoms with van der Waals surface area (Å²) in [5, 5.41) is 10.3. The number of H-pyrrole nitrogens is 3. The molecule has 6 rings (SSSR count). The third-order valence-electron chi connectivity index (χ3n) is 2.51. The van der Waals surface area contributed by atoms with Gasteiger partial charge in [0.2, 0.25) is 0 Å². The normalized spacial score (nSPS) is 8.00. The summed E-state index contributed by atoms with van der Waals surface area (Å²) < 4.78 is 9.06. The van der Waals surface area contributed by atoms with Crippen LogP contribution in [0, 0.1) is 0 Å². The number of nitrogens with zero attached hydrogens (tertiary/aromatic N) is 3. The molecule has 30 heavy (non-hydrogen) atoms. The lowest BCUT2D eigenvalue weighted by Gasteiger charge is -1.50. The predicted octanol–water partition coefficient (Wildman–Crippen LogP) is 5.54. The van der Waals surface area contributed by atoms with E-state index in [0.29, 0.717) is 0 Å². The van der Waals surface area contributed by atoms with Crippen LogP contribution in [-0.4, -0.2) is 30.1 Å². The fourth-order valence-corrected chi connectivity index (χ4v) is 1.79. The van der Waals surface area contributed by atoms with Gasteiger partial charge in [0.1, 0.15) is 6.26 Å². The summed E-state index contributed by atoms with van der Waals surface area (Å²) in [6.45, 7) is 0. The number of aromatic nitrogens is 6. The van der Waals surface area contributed by atoms with E-state index in [1.165, 1.54) is 12.7 Å². The molecule has 0 atom stereocenters. The Hall–Kier alpha value is -4.11. The van der Waals surface area contributed by atoms with Crippen molar-refractivity contribution in [1.29, 1.82) is 0 Å². The maximum Gasteiger partial charge on any atom is 0.180 e. The molecule has 0 amide bonds. The van der Waals surface area contributed by atoms with Crippen molar-refractivity contribution in [2.24, 2.45) is 0 Å². The molecule has 0 aliphatic carbocycles. The van der Waals surface area contributed by atoms with Crippen LogP contribution in [0.15, 0.2) is 137 Å². The lowest BCUT2D eigenvalue weighted by Crippen LogP contribution is -1.53. The molecule has 6 aromatic rings.